The zero-order chi connectivity index (χ0) is 7.40. The first-order chi connectivity index (χ1) is 4.83. The molecule has 1 atom stereocenters. The summed E-state index contributed by atoms with van der Waals surface area (Å²) in [5.41, 5.74) is 0. The zero-order valence-corrected chi connectivity index (χ0v) is 5.71. The Morgan fingerprint density at radius 1 is 1.80 bits per heavy atom. The first-order valence-electron chi connectivity index (χ1n) is 3.04. The van der Waals surface area contributed by atoms with E-state index >= 15 is 0 Å². The lowest BCUT2D eigenvalue weighted by atomic mass is 10.4. The maximum atomic E-state index is 5.07. The van der Waals surface area contributed by atoms with E-state index in [1.54, 1.807) is 0 Å². The van der Waals surface area contributed by atoms with Crippen molar-refractivity contribution in [3.05, 3.63) is 25.4 Å². The SMILES string of the molecule is C=COCC1COC(=C)O1. The van der Waals surface area contributed by atoms with Gasteiger partial charge in [-0.15, -0.1) is 0 Å². The van der Waals surface area contributed by atoms with Crippen molar-refractivity contribution in [1.82, 2.24) is 0 Å². The first kappa shape index (κ1) is 6.99. The molecule has 56 valence electrons. The average Bonchev–Trinajstić information content (AvgIpc) is 2.31. The molecule has 1 unspecified atom stereocenters. The van der Waals surface area contributed by atoms with E-state index in [0.717, 1.165) is 0 Å². The molecular weight excluding hydrogens is 132 g/mol. The van der Waals surface area contributed by atoms with Crippen LogP contribution >= 0.6 is 0 Å². The van der Waals surface area contributed by atoms with Crippen molar-refractivity contribution in [3.63, 3.8) is 0 Å². The van der Waals surface area contributed by atoms with Crippen LogP contribution < -0.4 is 0 Å². The summed E-state index contributed by atoms with van der Waals surface area (Å²) in [4.78, 5) is 0. The van der Waals surface area contributed by atoms with Gasteiger partial charge < -0.3 is 14.2 Å². The number of rotatable bonds is 3. The summed E-state index contributed by atoms with van der Waals surface area (Å²) in [6.07, 6.45) is 1.36. The van der Waals surface area contributed by atoms with Crippen LogP contribution in [-0.4, -0.2) is 19.3 Å². The number of hydrogen-bond donors (Lipinski definition) is 0. The van der Waals surface area contributed by atoms with Crippen molar-refractivity contribution in [1.29, 1.82) is 0 Å². The van der Waals surface area contributed by atoms with Crippen molar-refractivity contribution in [3.8, 4) is 0 Å². The first-order valence-corrected chi connectivity index (χ1v) is 3.04. The van der Waals surface area contributed by atoms with Crippen LogP contribution in [0.3, 0.4) is 0 Å². The van der Waals surface area contributed by atoms with Crippen molar-refractivity contribution in [2.45, 2.75) is 6.10 Å². The highest BCUT2D eigenvalue weighted by atomic mass is 16.7. The van der Waals surface area contributed by atoms with Gasteiger partial charge in [-0.2, -0.15) is 0 Å². The smallest absolute Gasteiger partial charge is 0.272 e. The Labute approximate surface area is 59.9 Å². The van der Waals surface area contributed by atoms with Gasteiger partial charge in [-0.3, -0.25) is 0 Å². The molecule has 1 fully saturated rings. The molecule has 0 bridgehead atoms. The average molecular weight is 142 g/mol. The Morgan fingerprint density at radius 2 is 2.60 bits per heavy atom. The van der Waals surface area contributed by atoms with Crippen LogP contribution in [0.5, 0.6) is 0 Å². The van der Waals surface area contributed by atoms with E-state index in [-0.39, 0.29) is 6.10 Å². The van der Waals surface area contributed by atoms with Gasteiger partial charge in [0.15, 0.2) is 6.10 Å². The third kappa shape index (κ3) is 1.69. The highest BCUT2D eigenvalue weighted by Crippen LogP contribution is 2.12. The monoisotopic (exact) mass is 142 g/mol. The summed E-state index contributed by atoms with van der Waals surface area (Å²) in [6.45, 7) is 7.88. The minimum absolute atomic E-state index is 0.0227. The highest BCUT2D eigenvalue weighted by Gasteiger charge is 2.20. The summed E-state index contributed by atoms with van der Waals surface area (Å²) >= 11 is 0. The van der Waals surface area contributed by atoms with Gasteiger partial charge in [0.05, 0.1) is 6.26 Å². The van der Waals surface area contributed by atoms with Gasteiger partial charge in [0.1, 0.15) is 13.2 Å². The van der Waals surface area contributed by atoms with Crippen LogP contribution in [-0.2, 0) is 14.2 Å². The Morgan fingerprint density at radius 3 is 3.10 bits per heavy atom. The Kier molecular flexibility index (Phi) is 2.20. The molecule has 3 heteroatoms. The minimum Gasteiger partial charge on any atom is -0.498 e. The van der Waals surface area contributed by atoms with E-state index in [1.807, 2.05) is 0 Å². The summed E-state index contributed by atoms with van der Waals surface area (Å²) in [5.74, 6) is 0.373. The van der Waals surface area contributed by atoms with Crippen LogP contribution in [0.25, 0.3) is 0 Å². The molecule has 0 aromatic heterocycles. The van der Waals surface area contributed by atoms with Crippen LogP contribution in [0.2, 0.25) is 0 Å². The predicted octanol–water partition coefficient (Wildman–Crippen LogP) is 1.03. The van der Waals surface area contributed by atoms with E-state index in [4.69, 9.17) is 14.2 Å². The molecule has 0 aliphatic carbocycles. The molecule has 1 aliphatic heterocycles. The van der Waals surface area contributed by atoms with Gasteiger partial charge in [-0.25, -0.2) is 0 Å². The van der Waals surface area contributed by atoms with Gasteiger partial charge in [0.25, 0.3) is 5.95 Å². The Balaban J connectivity index is 2.18. The van der Waals surface area contributed by atoms with Gasteiger partial charge in [0.2, 0.25) is 0 Å². The maximum Gasteiger partial charge on any atom is 0.272 e. The van der Waals surface area contributed by atoms with Crippen molar-refractivity contribution < 1.29 is 14.2 Å². The highest BCUT2D eigenvalue weighted by molar-refractivity contribution is 4.79. The molecule has 0 N–H and O–H groups in total. The van der Waals surface area contributed by atoms with Crippen molar-refractivity contribution in [2.75, 3.05) is 13.2 Å². The van der Waals surface area contributed by atoms with Gasteiger partial charge in [-0.05, 0) is 6.58 Å². The molecule has 3 nitrogen and oxygen atoms in total. The van der Waals surface area contributed by atoms with E-state index in [9.17, 15) is 0 Å². The lowest BCUT2D eigenvalue weighted by Crippen LogP contribution is -2.15. The third-order valence-corrected chi connectivity index (χ3v) is 1.13. The van der Waals surface area contributed by atoms with E-state index in [1.165, 1.54) is 6.26 Å². The van der Waals surface area contributed by atoms with Crippen molar-refractivity contribution in [2.24, 2.45) is 0 Å². The molecule has 10 heavy (non-hydrogen) atoms. The summed E-state index contributed by atoms with van der Waals surface area (Å²) in [6, 6.07) is 0. The molecule has 0 aromatic rings. The molecule has 1 heterocycles. The summed E-state index contributed by atoms with van der Waals surface area (Å²) < 4.78 is 14.9. The summed E-state index contributed by atoms with van der Waals surface area (Å²) in [5, 5.41) is 0. The zero-order valence-electron chi connectivity index (χ0n) is 5.71. The fourth-order valence-corrected chi connectivity index (χ4v) is 0.697. The minimum atomic E-state index is -0.0227. The lowest BCUT2D eigenvalue weighted by Gasteiger charge is -2.04. The van der Waals surface area contributed by atoms with Gasteiger partial charge in [-0.1, -0.05) is 6.58 Å². The second kappa shape index (κ2) is 3.15. The van der Waals surface area contributed by atoms with E-state index < -0.39 is 0 Å². The molecule has 0 radical (unpaired) electrons. The number of hydrogen-bond acceptors (Lipinski definition) is 3. The van der Waals surface area contributed by atoms with Gasteiger partial charge >= 0.3 is 0 Å². The quantitative estimate of drug-likeness (QED) is 0.551. The molecule has 1 saturated heterocycles. The fraction of sp³-hybridized carbons (Fsp3) is 0.429. The van der Waals surface area contributed by atoms with E-state index in [2.05, 4.69) is 13.2 Å². The fourth-order valence-electron chi connectivity index (χ4n) is 0.697. The van der Waals surface area contributed by atoms with E-state index in [0.29, 0.717) is 19.2 Å². The molecule has 0 amide bonds. The largest absolute Gasteiger partial charge is 0.498 e. The second-order valence-corrected chi connectivity index (χ2v) is 1.92. The lowest BCUT2D eigenvalue weighted by molar-refractivity contribution is 0.0855. The third-order valence-electron chi connectivity index (χ3n) is 1.13. The normalized spacial score (nSPS) is 23.2. The number of ether oxygens (including phenoxy) is 3. The topological polar surface area (TPSA) is 27.7 Å². The molecular formula is C7H10O3. The van der Waals surface area contributed by atoms with Crippen LogP contribution in [0.1, 0.15) is 0 Å². The Bertz CT molecular complexity index is 142. The standard InChI is InChI=1S/C7H10O3/c1-3-8-4-7-5-9-6(2)10-7/h3,7H,1-2,4-5H2. The molecule has 0 spiro atoms. The second-order valence-electron chi connectivity index (χ2n) is 1.92. The molecule has 0 aromatic carbocycles. The van der Waals surface area contributed by atoms with Crippen LogP contribution in [0.15, 0.2) is 25.4 Å². The van der Waals surface area contributed by atoms with Crippen LogP contribution in [0.4, 0.5) is 0 Å². The molecule has 1 rings (SSSR count). The molecule has 0 saturated carbocycles. The Hall–Kier alpha value is -1.12. The van der Waals surface area contributed by atoms with Gasteiger partial charge in [0, 0.05) is 0 Å². The maximum absolute atomic E-state index is 5.07. The van der Waals surface area contributed by atoms with Crippen LogP contribution in [0, 0.1) is 0 Å². The predicted molar refractivity (Wildman–Crippen MR) is 36.1 cm³/mol. The molecule has 1 aliphatic rings. The van der Waals surface area contributed by atoms with Crippen molar-refractivity contribution >= 4 is 0 Å². The summed E-state index contributed by atoms with van der Waals surface area (Å²) in [7, 11) is 0.